The molecular weight excluding hydrogens is 262 g/mol. The van der Waals surface area contributed by atoms with Crippen LogP contribution in [-0.4, -0.2) is 37.5 Å². The normalized spacial score (nSPS) is 12.0. The molecule has 19 heavy (non-hydrogen) atoms. The minimum Gasteiger partial charge on any atom is -0.396 e. The predicted molar refractivity (Wildman–Crippen MR) is 76.6 cm³/mol. The summed E-state index contributed by atoms with van der Waals surface area (Å²) < 4.78 is 26.2. The maximum atomic E-state index is 12.4. The highest BCUT2D eigenvalue weighted by Gasteiger charge is 2.21. The number of aryl methyl sites for hydroxylation is 1. The topological polar surface area (TPSA) is 57.6 Å². The molecule has 0 spiro atoms. The van der Waals surface area contributed by atoms with Crippen molar-refractivity contribution in [2.45, 2.75) is 38.0 Å². The Morgan fingerprint density at radius 2 is 1.79 bits per heavy atom. The zero-order valence-electron chi connectivity index (χ0n) is 11.7. The Hall–Kier alpha value is -0.910. The van der Waals surface area contributed by atoms with Gasteiger partial charge in [-0.05, 0) is 37.0 Å². The number of sulfonamides is 1. The van der Waals surface area contributed by atoms with Crippen LogP contribution in [0.3, 0.4) is 0 Å². The molecule has 1 rings (SSSR count). The molecule has 0 saturated heterocycles. The second-order valence-corrected chi connectivity index (χ2v) is 6.41. The van der Waals surface area contributed by atoms with E-state index >= 15 is 0 Å². The van der Waals surface area contributed by atoms with Crippen molar-refractivity contribution in [3.05, 3.63) is 29.8 Å². The van der Waals surface area contributed by atoms with E-state index in [9.17, 15) is 8.42 Å². The summed E-state index contributed by atoms with van der Waals surface area (Å²) in [5.41, 5.74) is 1.05. The molecule has 0 fully saturated rings. The fourth-order valence-electron chi connectivity index (χ4n) is 1.96. The largest absolute Gasteiger partial charge is 0.396 e. The molecule has 0 atom stereocenters. The summed E-state index contributed by atoms with van der Waals surface area (Å²) in [6.07, 6.45) is 2.27. The van der Waals surface area contributed by atoms with Crippen molar-refractivity contribution in [3.8, 4) is 0 Å². The fourth-order valence-corrected chi connectivity index (χ4v) is 3.50. The highest BCUT2D eigenvalue weighted by atomic mass is 32.2. The number of nitrogens with zero attached hydrogens (tertiary/aromatic N) is 1. The smallest absolute Gasteiger partial charge is 0.243 e. The SMILES string of the molecule is CCCN(CC)S(=O)(=O)c1ccc(CCCO)cc1. The standard InChI is InChI=1S/C14H23NO3S/c1-3-11-15(4-2)19(17,18)14-9-7-13(8-10-14)6-5-12-16/h7-10,16H,3-6,11-12H2,1-2H3. The molecule has 4 nitrogen and oxygen atoms in total. The van der Waals surface area contributed by atoms with Gasteiger partial charge in [0.25, 0.3) is 0 Å². The average molecular weight is 285 g/mol. The molecule has 1 N–H and O–H groups in total. The molecule has 0 bridgehead atoms. The van der Waals surface area contributed by atoms with E-state index in [1.165, 1.54) is 4.31 Å². The molecule has 0 aliphatic carbocycles. The van der Waals surface area contributed by atoms with Gasteiger partial charge < -0.3 is 5.11 Å². The van der Waals surface area contributed by atoms with Crippen LogP contribution >= 0.6 is 0 Å². The summed E-state index contributed by atoms with van der Waals surface area (Å²) in [5, 5.41) is 8.77. The highest BCUT2D eigenvalue weighted by molar-refractivity contribution is 7.89. The zero-order chi connectivity index (χ0) is 14.3. The lowest BCUT2D eigenvalue weighted by Crippen LogP contribution is -2.31. The van der Waals surface area contributed by atoms with E-state index in [1.807, 2.05) is 26.0 Å². The lowest BCUT2D eigenvalue weighted by atomic mass is 10.1. The van der Waals surface area contributed by atoms with E-state index in [1.54, 1.807) is 12.1 Å². The van der Waals surface area contributed by atoms with Crippen molar-refractivity contribution in [2.75, 3.05) is 19.7 Å². The van der Waals surface area contributed by atoms with Gasteiger partial charge in [-0.3, -0.25) is 0 Å². The third kappa shape index (κ3) is 4.30. The molecule has 0 radical (unpaired) electrons. The molecule has 0 saturated carbocycles. The molecule has 0 amide bonds. The first-order valence-corrected chi connectivity index (χ1v) is 8.20. The zero-order valence-corrected chi connectivity index (χ0v) is 12.5. The minimum absolute atomic E-state index is 0.153. The Morgan fingerprint density at radius 1 is 1.16 bits per heavy atom. The van der Waals surface area contributed by atoms with E-state index in [2.05, 4.69) is 0 Å². The molecule has 0 unspecified atom stereocenters. The first-order chi connectivity index (χ1) is 9.06. The molecule has 0 aliphatic rings. The van der Waals surface area contributed by atoms with Crippen molar-refractivity contribution in [1.29, 1.82) is 0 Å². The van der Waals surface area contributed by atoms with E-state index in [-0.39, 0.29) is 6.61 Å². The highest BCUT2D eigenvalue weighted by Crippen LogP contribution is 2.17. The third-order valence-corrected chi connectivity index (χ3v) is 5.00. The summed E-state index contributed by atoms with van der Waals surface area (Å²) in [4.78, 5) is 0.343. The van der Waals surface area contributed by atoms with Crippen LogP contribution in [0.15, 0.2) is 29.2 Å². The maximum absolute atomic E-state index is 12.4. The van der Waals surface area contributed by atoms with Gasteiger partial charge >= 0.3 is 0 Å². The van der Waals surface area contributed by atoms with Gasteiger partial charge in [-0.25, -0.2) is 8.42 Å². The summed E-state index contributed by atoms with van der Waals surface area (Å²) in [6, 6.07) is 6.95. The van der Waals surface area contributed by atoms with Crippen molar-refractivity contribution < 1.29 is 13.5 Å². The molecule has 108 valence electrons. The molecule has 1 aromatic rings. The second kappa shape index (κ2) is 7.62. The van der Waals surface area contributed by atoms with Gasteiger partial charge in [0.2, 0.25) is 10.0 Å². The number of rotatable bonds is 8. The lowest BCUT2D eigenvalue weighted by Gasteiger charge is -2.19. The quantitative estimate of drug-likeness (QED) is 0.795. The van der Waals surface area contributed by atoms with Crippen molar-refractivity contribution in [2.24, 2.45) is 0 Å². The predicted octanol–water partition coefficient (Wildman–Crippen LogP) is 2.03. The summed E-state index contributed by atoms with van der Waals surface area (Å²) in [5.74, 6) is 0. The Morgan fingerprint density at radius 3 is 2.26 bits per heavy atom. The summed E-state index contributed by atoms with van der Waals surface area (Å²) in [6.45, 7) is 5.01. The molecular formula is C14H23NO3S. The van der Waals surface area contributed by atoms with E-state index in [4.69, 9.17) is 5.11 Å². The van der Waals surface area contributed by atoms with Gasteiger partial charge in [0.05, 0.1) is 4.90 Å². The van der Waals surface area contributed by atoms with Gasteiger partial charge in [-0.2, -0.15) is 4.31 Å². The Kier molecular flexibility index (Phi) is 6.48. The van der Waals surface area contributed by atoms with Gasteiger partial charge in [0.15, 0.2) is 0 Å². The van der Waals surface area contributed by atoms with E-state index < -0.39 is 10.0 Å². The minimum atomic E-state index is -3.37. The van der Waals surface area contributed by atoms with E-state index in [0.717, 1.165) is 18.4 Å². The Bertz CT molecular complexity index is 468. The number of benzene rings is 1. The Labute approximate surface area is 116 Å². The van der Waals surface area contributed by atoms with Crippen molar-refractivity contribution in [3.63, 3.8) is 0 Å². The molecule has 0 aliphatic heterocycles. The summed E-state index contributed by atoms with van der Waals surface area (Å²) >= 11 is 0. The van der Waals surface area contributed by atoms with Crippen LogP contribution in [0.1, 0.15) is 32.3 Å². The Balaban J connectivity index is 2.89. The van der Waals surface area contributed by atoms with Crippen LogP contribution in [0.4, 0.5) is 0 Å². The maximum Gasteiger partial charge on any atom is 0.243 e. The molecule has 0 heterocycles. The second-order valence-electron chi connectivity index (χ2n) is 4.47. The molecule has 0 aromatic heterocycles. The van der Waals surface area contributed by atoms with Crippen LogP contribution in [0, 0.1) is 0 Å². The fraction of sp³-hybridized carbons (Fsp3) is 0.571. The third-order valence-electron chi connectivity index (χ3n) is 3.01. The van der Waals surface area contributed by atoms with Gasteiger partial charge in [0, 0.05) is 19.7 Å². The van der Waals surface area contributed by atoms with Crippen LogP contribution in [-0.2, 0) is 16.4 Å². The van der Waals surface area contributed by atoms with Crippen molar-refractivity contribution >= 4 is 10.0 Å². The molecule has 5 heteroatoms. The molecule has 1 aromatic carbocycles. The number of hydrogen-bond donors (Lipinski definition) is 1. The van der Waals surface area contributed by atoms with Crippen LogP contribution < -0.4 is 0 Å². The number of aliphatic hydroxyl groups is 1. The van der Waals surface area contributed by atoms with Crippen LogP contribution in [0.25, 0.3) is 0 Å². The van der Waals surface area contributed by atoms with Gasteiger partial charge in [-0.1, -0.05) is 26.0 Å². The number of aliphatic hydroxyl groups excluding tert-OH is 1. The first-order valence-electron chi connectivity index (χ1n) is 6.76. The first kappa shape index (κ1) is 16.1. The van der Waals surface area contributed by atoms with Gasteiger partial charge in [-0.15, -0.1) is 0 Å². The summed E-state index contributed by atoms with van der Waals surface area (Å²) in [7, 11) is -3.37. The van der Waals surface area contributed by atoms with Crippen LogP contribution in [0.2, 0.25) is 0 Å². The van der Waals surface area contributed by atoms with Crippen LogP contribution in [0.5, 0.6) is 0 Å². The number of hydrogen-bond acceptors (Lipinski definition) is 3. The average Bonchev–Trinajstić information content (AvgIpc) is 2.42. The van der Waals surface area contributed by atoms with Gasteiger partial charge in [0.1, 0.15) is 0 Å². The van der Waals surface area contributed by atoms with E-state index in [0.29, 0.717) is 24.4 Å². The lowest BCUT2D eigenvalue weighted by molar-refractivity contribution is 0.288. The van der Waals surface area contributed by atoms with Crippen molar-refractivity contribution in [1.82, 2.24) is 4.31 Å². The monoisotopic (exact) mass is 285 g/mol.